The second kappa shape index (κ2) is 4.76. The quantitative estimate of drug-likeness (QED) is 0.767. The molecule has 20 heavy (non-hydrogen) atoms. The first kappa shape index (κ1) is 12.9. The number of pyridine rings is 1. The molecule has 3 nitrogen and oxygen atoms in total. The van der Waals surface area contributed by atoms with Crippen LogP contribution in [0.5, 0.6) is 0 Å². The van der Waals surface area contributed by atoms with E-state index in [2.05, 4.69) is 4.98 Å². The predicted molar refractivity (Wildman–Crippen MR) is 78.7 cm³/mol. The molecule has 1 N–H and O–H groups in total. The minimum absolute atomic E-state index is 0.694. The summed E-state index contributed by atoms with van der Waals surface area (Å²) in [6, 6.07) is 7.87. The number of rotatable bonds is 2. The topological polar surface area (TPSA) is 46.3 Å². The van der Waals surface area contributed by atoms with Crippen LogP contribution in [0.15, 0.2) is 41.1 Å². The Morgan fingerprint density at radius 3 is 2.60 bits per heavy atom. The Labute approximate surface area is 117 Å². The Morgan fingerprint density at radius 1 is 1.10 bits per heavy atom. The van der Waals surface area contributed by atoms with Crippen LogP contribution >= 0.6 is 0 Å². The Balaban J connectivity index is 2.20. The highest BCUT2D eigenvalue weighted by Gasteiger charge is 2.22. The maximum Gasteiger partial charge on any atom is 0.108 e. The second-order valence-corrected chi connectivity index (χ2v) is 5.10. The third kappa shape index (κ3) is 1.91. The Morgan fingerprint density at radius 2 is 1.90 bits per heavy atom. The standard InChI is InChI=1S/C17H17NO2/c1-10-11(2)20-12(3)16(10)17(19)14-6-4-5-13-7-8-18-9-15(13)14/h4-9,17,19H,1-3H3. The van der Waals surface area contributed by atoms with Crippen LogP contribution in [-0.2, 0) is 0 Å². The molecule has 0 aliphatic carbocycles. The van der Waals surface area contributed by atoms with Crippen molar-refractivity contribution in [3.63, 3.8) is 0 Å². The summed E-state index contributed by atoms with van der Waals surface area (Å²) in [5.41, 5.74) is 2.73. The van der Waals surface area contributed by atoms with Gasteiger partial charge in [-0.2, -0.15) is 0 Å². The monoisotopic (exact) mass is 267 g/mol. The highest BCUT2D eigenvalue weighted by molar-refractivity contribution is 5.85. The van der Waals surface area contributed by atoms with Crippen LogP contribution in [0, 0.1) is 20.8 Å². The largest absolute Gasteiger partial charge is 0.466 e. The molecule has 0 radical (unpaired) electrons. The molecule has 1 unspecified atom stereocenters. The van der Waals surface area contributed by atoms with E-state index in [-0.39, 0.29) is 0 Å². The smallest absolute Gasteiger partial charge is 0.108 e. The minimum Gasteiger partial charge on any atom is -0.466 e. The molecular formula is C17H17NO2. The zero-order valence-corrected chi connectivity index (χ0v) is 11.8. The fourth-order valence-electron chi connectivity index (χ4n) is 2.74. The van der Waals surface area contributed by atoms with Crippen molar-refractivity contribution in [3.8, 4) is 0 Å². The molecule has 0 fully saturated rings. The number of aliphatic hydroxyl groups excluding tert-OH is 1. The maximum absolute atomic E-state index is 10.8. The van der Waals surface area contributed by atoms with Gasteiger partial charge >= 0.3 is 0 Å². The van der Waals surface area contributed by atoms with E-state index >= 15 is 0 Å². The SMILES string of the molecule is Cc1oc(C)c(C(O)c2cccc3ccncc23)c1C. The minimum atomic E-state index is -0.694. The molecule has 1 aromatic carbocycles. The summed E-state index contributed by atoms with van der Waals surface area (Å²) in [7, 11) is 0. The lowest BCUT2D eigenvalue weighted by atomic mass is 9.94. The Bertz CT molecular complexity index is 769. The van der Waals surface area contributed by atoms with Crippen LogP contribution in [0.1, 0.15) is 34.3 Å². The fourth-order valence-corrected chi connectivity index (χ4v) is 2.74. The van der Waals surface area contributed by atoms with E-state index in [1.165, 1.54) is 0 Å². The van der Waals surface area contributed by atoms with E-state index in [4.69, 9.17) is 4.42 Å². The molecule has 0 aliphatic heterocycles. The van der Waals surface area contributed by atoms with Crippen molar-refractivity contribution in [1.82, 2.24) is 4.98 Å². The average Bonchev–Trinajstić information content (AvgIpc) is 2.71. The van der Waals surface area contributed by atoms with Crippen LogP contribution in [-0.4, -0.2) is 10.1 Å². The number of hydrogen-bond donors (Lipinski definition) is 1. The molecule has 3 rings (SSSR count). The van der Waals surface area contributed by atoms with Gasteiger partial charge in [0.15, 0.2) is 0 Å². The zero-order valence-electron chi connectivity index (χ0n) is 11.8. The molecular weight excluding hydrogens is 250 g/mol. The van der Waals surface area contributed by atoms with Gasteiger partial charge in [-0.1, -0.05) is 18.2 Å². The highest BCUT2D eigenvalue weighted by atomic mass is 16.3. The molecule has 1 atom stereocenters. The van der Waals surface area contributed by atoms with Crippen molar-refractivity contribution in [2.24, 2.45) is 0 Å². The van der Waals surface area contributed by atoms with Crippen molar-refractivity contribution in [3.05, 3.63) is 64.9 Å². The zero-order chi connectivity index (χ0) is 14.3. The number of hydrogen-bond acceptors (Lipinski definition) is 3. The number of benzene rings is 1. The number of aliphatic hydroxyl groups is 1. The van der Waals surface area contributed by atoms with Crippen molar-refractivity contribution in [2.45, 2.75) is 26.9 Å². The molecule has 0 spiro atoms. The normalized spacial score (nSPS) is 12.8. The van der Waals surface area contributed by atoms with E-state index in [0.717, 1.165) is 39.0 Å². The lowest BCUT2D eigenvalue weighted by Crippen LogP contribution is -2.03. The molecule has 0 amide bonds. The van der Waals surface area contributed by atoms with E-state index < -0.39 is 6.10 Å². The Hall–Kier alpha value is -2.13. The number of nitrogens with zero attached hydrogens (tertiary/aromatic N) is 1. The maximum atomic E-state index is 10.8. The lowest BCUT2D eigenvalue weighted by molar-refractivity contribution is 0.219. The number of fused-ring (bicyclic) bond motifs is 1. The molecule has 0 saturated carbocycles. The number of aromatic nitrogens is 1. The Kier molecular flexibility index (Phi) is 3.07. The molecule has 2 aromatic heterocycles. The van der Waals surface area contributed by atoms with Gasteiger partial charge in [0.05, 0.1) is 0 Å². The summed E-state index contributed by atoms with van der Waals surface area (Å²) >= 11 is 0. The van der Waals surface area contributed by atoms with Crippen LogP contribution in [0.2, 0.25) is 0 Å². The molecule has 3 aromatic rings. The average molecular weight is 267 g/mol. The molecule has 2 heterocycles. The summed E-state index contributed by atoms with van der Waals surface area (Å²) in [6.07, 6.45) is 2.86. The highest BCUT2D eigenvalue weighted by Crippen LogP contribution is 2.34. The van der Waals surface area contributed by atoms with Gasteiger partial charge in [-0.25, -0.2) is 0 Å². The summed E-state index contributed by atoms with van der Waals surface area (Å²) < 4.78 is 5.62. The summed E-state index contributed by atoms with van der Waals surface area (Å²) in [5.74, 6) is 1.63. The van der Waals surface area contributed by atoms with Gasteiger partial charge in [0.2, 0.25) is 0 Å². The predicted octanol–water partition coefficient (Wildman–Crippen LogP) is 3.83. The van der Waals surface area contributed by atoms with Crippen LogP contribution < -0.4 is 0 Å². The van der Waals surface area contributed by atoms with Crippen LogP contribution in [0.4, 0.5) is 0 Å². The van der Waals surface area contributed by atoms with Crippen molar-refractivity contribution >= 4 is 10.8 Å². The molecule has 3 heteroatoms. The van der Waals surface area contributed by atoms with Crippen molar-refractivity contribution in [2.75, 3.05) is 0 Å². The molecule has 0 saturated heterocycles. The van der Waals surface area contributed by atoms with Gasteiger partial charge < -0.3 is 9.52 Å². The summed E-state index contributed by atoms with van der Waals surface area (Å²) in [5, 5.41) is 12.8. The lowest BCUT2D eigenvalue weighted by Gasteiger charge is -2.14. The van der Waals surface area contributed by atoms with Gasteiger partial charge in [-0.05, 0) is 43.4 Å². The van der Waals surface area contributed by atoms with Crippen LogP contribution in [0.25, 0.3) is 10.8 Å². The first-order chi connectivity index (χ1) is 9.59. The van der Waals surface area contributed by atoms with Gasteiger partial charge in [-0.15, -0.1) is 0 Å². The van der Waals surface area contributed by atoms with Gasteiger partial charge in [-0.3, -0.25) is 4.98 Å². The van der Waals surface area contributed by atoms with E-state index in [0.29, 0.717) is 0 Å². The van der Waals surface area contributed by atoms with Gasteiger partial charge in [0, 0.05) is 23.3 Å². The van der Waals surface area contributed by atoms with Gasteiger partial charge in [0.1, 0.15) is 17.6 Å². The molecule has 0 bridgehead atoms. The van der Waals surface area contributed by atoms with E-state index in [1.807, 2.05) is 45.0 Å². The van der Waals surface area contributed by atoms with E-state index in [9.17, 15) is 5.11 Å². The third-order valence-corrected chi connectivity index (χ3v) is 3.90. The molecule has 0 aliphatic rings. The van der Waals surface area contributed by atoms with Crippen molar-refractivity contribution < 1.29 is 9.52 Å². The number of aryl methyl sites for hydroxylation is 2. The molecule has 102 valence electrons. The summed E-state index contributed by atoms with van der Waals surface area (Å²) in [4.78, 5) is 4.17. The van der Waals surface area contributed by atoms with Crippen LogP contribution in [0.3, 0.4) is 0 Å². The van der Waals surface area contributed by atoms with Crippen molar-refractivity contribution in [1.29, 1.82) is 0 Å². The fraction of sp³-hybridized carbons (Fsp3) is 0.235. The second-order valence-electron chi connectivity index (χ2n) is 5.10. The number of furan rings is 1. The van der Waals surface area contributed by atoms with Gasteiger partial charge in [0.25, 0.3) is 0 Å². The third-order valence-electron chi connectivity index (χ3n) is 3.90. The first-order valence-corrected chi connectivity index (χ1v) is 6.66. The van der Waals surface area contributed by atoms with E-state index in [1.54, 1.807) is 12.4 Å². The summed E-state index contributed by atoms with van der Waals surface area (Å²) in [6.45, 7) is 5.79. The first-order valence-electron chi connectivity index (χ1n) is 6.66.